The minimum absolute atomic E-state index is 0.0484. The summed E-state index contributed by atoms with van der Waals surface area (Å²) in [6, 6.07) is 3.65. The molecule has 3 aromatic rings. The van der Waals surface area contributed by atoms with Crippen molar-refractivity contribution in [2.24, 2.45) is 0 Å². The standard InChI is InChI=1S/C20H21N3O4S/c1-12-15-13(2)21-17(14-4-3-9-25-14)22-18(15)28-16(12)19(24)23-7-5-20(6-8-23)26-10-11-27-20/h3-4,9H,5-8,10-11H2,1-2H3. The molecule has 0 aliphatic carbocycles. The predicted octanol–water partition coefficient (Wildman–Crippen LogP) is 3.55. The number of aryl methyl sites for hydroxylation is 2. The van der Waals surface area contributed by atoms with Crippen LogP contribution in [0.25, 0.3) is 21.8 Å². The highest BCUT2D eigenvalue weighted by Crippen LogP contribution is 2.36. The van der Waals surface area contributed by atoms with Gasteiger partial charge < -0.3 is 18.8 Å². The molecule has 28 heavy (non-hydrogen) atoms. The van der Waals surface area contributed by atoms with Crippen molar-refractivity contribution in [2.45, 2.75) is 32.5 Å². The summed E-state index contributed by atoms with van der Waals surface area (Å²) < 4.78 is 17.0. The molecule has 8 heteroatoms. The average molecular weight is 399 g/mol. The van der Waals surface area contributed by atoms with E-state index in [1.807, 2.05) is 30.9 Å². The second-order valence-electron chi connectivity index (χ2n) is 7.25. The molecule has 1 amide bonds. The molecule has 0 radical (unpaired) electrons. The van der Waals surface area contributed by atoms with E-state index in [-0.39, 0.29) is 5.91 Å². The zero-order valence-corrected chi connectivity index (χ0v) is 16.7. The highest BCUT2D eigenvalue weighted by molar-refractivity contribution is 7.20. The first-order valence-electron chi connectivity index (χ1n) is 9.45. The van der Waals surface area contributed by atoms with E-state index in [0.29, 0.717) is 50.7 Å². The van der Waals surface area contributed by atoms with Crippen LogP contribution in [0.5, 0.6) is 0 Å². The molecule has 5 rings (SSSR count). The maximum Gasteiger partial charge on any atom is 0.264 e. The fourth-order valence-electron chi connectivity index (χ4n) is 4.04. The van der Waals surface area contributed by atoms with Gasteiger partial charge in [0.25, 0.3) is 5.91 Å². The van der Waals surface area contributed by atoms with E-state index in [1.54, 1.807) is 6.26 Å². The molecule has 3 aromatic heterocycles. The molecular weight excluding hydrogens is 378 g/mol. The van der Waals surface area contributed by atoms with Crippen molar-refractivity contribution in [2.75, 3.05) is 26.3 Å². The van der Waals surface area contributed by atoms with Crippen LogP contribution in [-0.2, 0) is 9.47 Å². The first kappa shape index (κ1) is 17.8. The van der Waals surface area contributed by atoms with E-state index in [4.69, 9.17) is 13.9 Å². The molecule has 2 aliphatic rings. The van der Waals surface area contributed by atoms with Crippen LogP contribution in [0.1, 0.15) is 33.8 Å². The summed E-state index contributed by atoms with van der Waals surface area (Å²) in [6.45, 7) is 6.47. The van der Waals surface area contributed by atoms with Gasteiger partial charge >= 0.3 is 0 Å². The van der Waals surface area contributed by atoms with Gasteiger partial charge in [-0.1, -0.05) is 0 Å². The number of nitrogens with zero attached hydrogens (tertiary/aromatic N) is 3. The number of hydrogen-bond donors (Lipinski definition) is 0. The van der Waals surface area contributed by atoms with Gasteiger partial charge in [-0.05, 0) is 31.5 Å². The summed E-state index contributed by atoms with van der Waals surface area (Å²) in [6.07, 6.45) is 3.03. The van der Waals surface area contributed by atoms with Crippen molar-refractivity contribution in [3.8, 4) is 11.6 Å². The molecule has 7 nitrogen and oxygen atoms in total. The number of hydrogen-bond acceptors (Lipinski definition) is 7. The van der Waals surface area contributed by atoms with Crippen molar-refractivity contribution in [3.05, 3.63) is 34.5 Å². The predicted molar refractivity (Wildman–Crippen MR) is 104 cm³/mol. The van der Waals surface area contributed by atoms with Gasteiger partial charge in [-0.25, -0.2) is 9.97 Å². The third-order valence-corrected chi connectivity index (χ3v) is 6.71. The Bertz CT molecular complexity index is 1030. The molecule has 0 unspecified atom stereocenters. The first-order chi connectivity index (χ1) is 13.6. The minimum atomic E-state index is -0.480. The molecule has 1 spiro atoms. The molecule has 2 aliphatic heterocycles. The van der Waals surface area contributed by atoms with E-state index in [9.17, 15) is 4.79 Å². The third kappa shape index (κ3) is 2.83. The number of likely N-dealkylation sites (tertiary alicyclic amines) is 1. The molecule has 5 heterocycles. The molecule has 0 aromatic carbocycles. The summed E-state index contributed by atoms with van der Waals surface area (Å²) in [5, 5.41) is 0.958. The summed E-state index contributed by atoms with van der Waals surface area (Å²) >= 11 is 1.43. The largest absolute Gasteiger partial charge is 0.461 e. The van der Waals surface area contributed by atoms with Crippen LogP contribution >= 0.6 is 11.3 Å². The molecule has 2 fully saturated rings. The van der Waals surface area contributed by atoms with Crippen molar-refractivity contribution in [3.63, 3.8) is 0 Å². The fraction of sp³-hybridized carbons (Fsp3) is 0.450. The Morgan fingerprint density at radius 2 is 1.93 bits per heavy atom. The normalized spacial score (nSPS) is 19.0. The number of ether oxygens (including phenoxy) is 2. The van der Waals surface area contributed by atoms with Crippen LogP contribution in [0.3, 0.4) is 0 Å². The van der Waals surface area contributed by atoms with Crippen LogP contribution in [0.4, 0.5) is 0 Å². The zero-order chi connectivity index (χ0) is 19.3. The topological polar surface area (TPSA) is 77.7 Å². The summed E-state index contributed by atoms with van der Waals surface area (Å²) in [5.74, 6) is 0.742. The zero-order valence-electron chi connectivity index (χ0n) is 15.9. The van der Waals surface area contributed by atoms with Gasteiger partial charge in [0.2, 0.25) is 0 Å². The van der Waals surface area contributed by atoms with Crippen molar-refractivity contribution >= 4 is 27.5 Å². The van der Waals surface area contributed by atoms with E-state index >= 15 is 0 Å². The third-order valence-electron chi connectivity index (χ3n) is 5.53. The fourth-order valence-corrected chi connectivity index (χ4v) is 5.24. The summed E-state index contributed by atoms with van der Waals surface area (Å²) in [7, 11) is 0. The van der Waals surface area contributed by atoms with E-state index in [0.717, 1.165) is 26.4 Å². The highest BCUT2D eigenvalue weighted by atomic mass is 32.1. The number of amides is 1. The highest BCUT2D eigenvalue weighted by Gasteiger charge is 2.41. The Labute approximate surface area is 166 Å². The van der Waals surface area contributed by atoms with Gasteiger partial charge in [-0.2, -0.15) is 0 Å². The van der Waals surface area contributed by atoms with Crippen molar-refractivity contribution in [1.82, 2.24) is 14.9 Å². The lowest BCUT2D eigenvalue weighted by Crippen LogP contribution is -2.47. The van der Waals surface area contributed by atoms with Crippen molar-refractivity contribution in [1.29, 1.82) is 0 Å². The Morgan fingerprint density at radius 1 is 1.18 bits per heavy atom. The first-order valence-corrected chi connectivity index (χ1v) is 10.3. The number of thiophene rings is 1. The monoisotopic (exact) mass is 399 g/mol. The van der Waals surface area contributed by atoms with Gasteiger partial charge in [0, 0.05) is 31.3 Å². The Kier molecular flexibility index (Phi) is 4.22. The van der Waals surface area contributed by atoms with Crippen LogP contribution in [0.15, 0.2) is 22.8 Å². The van der Waals surface area contributed by atoms with E-state index in [1.165, 1.54) is 11.3 Å². The molecule has 0 atom stereocenters. The SMILES string of the molecule is Cc1nc(-c2ccco2)nc2sc(C(=O)N3CCC4(CC3)OCCO4)c(C)c12. The molecule has 0 saturated carbocycles. The summed E-state index contributed by atoms with van der Waals surface area (Å²) in [5.41, 5.74) is 1.80. The number of fused-ring (bicyclic) bond motifs is 1. The van der Waals surface area contributed by atoms with Gasteiger partial charge in [0.1, 0.15) is 4.83 Å². The maximum absolute atomic E-state index is 13.2. The molecule has 0 N–H and O–H groups in total. The quantitative estimate of drug-likeness (QED) is 0.656. The second kappa shape index (κ2) is 6.65. The number of piperidine rings is 1. The number of carbonyl (C=O) groups is 1. The van der Waals surface area contributed by atoms with Crippen molar-refractivity contribution < 1.29 is 18.7 Å². The lowest BCUT2D eigenvalue weighted by Gasteiger charge is -2.37. The van der Waals surface area contributed by atoms with E-state index < -0.39 is 5.79 Å². The smallest absolute Gasteiger partial charge is 0.264 e. The maximum atomic E-state index is 13.2. The lowest BCUT2D eigenvalue weighted by molar-refractivity contribution is -0.181. The number of carbonyl (C=O) groups excluding carboxylic acids is 1. The van der Waals surface area contributed by atoms with Gasteiger partial charge in [-0.3, -0.25) is 4.79 Å². The molecule has 2 saturated heterocycles. The lowest BCUT2D eigenvalue weighted by atomic mass is 10.0. The number of rotatable bonds is 2. The minimum Gasteiger partial charge on any atom is -0.461 e. The van der Waals surface area contributed by atoms with Crippen LogP contribution in [-0.4, -0.2) is 52.9 Å². The average Bonchev–Trinajstić information content (AvgIpc) is 3.43. The second-order valence-corrected chi connectivity index (χ2v) is 8.25. The van der Waals surface area contributed by atoms with Crippen LogP contribution < -0.4 is 0 Å². The van der Waals surface area contributed by atoms with Crippen LogP contribution in [0, 0.1) is 13.8 Å². The van der Waals surface area contributed by atoms with Gasteiger partial charge in [-0.15, -0.1) is 11.3 Å². The Hall–Kier alpha value is -2.29. The van der Waals surface area contributed by atoms with Crippen LogP contribution in [0.2, 0.25) is 0 Å². The van der Waals surface area contributed by atoms with Gasteiger partial charge in [0.15, 0.2) is 17.4 Å². The Balaban J connectivity index is 1.45. The number of furan rings is 1. The van der Waals surface area contributed by atoms with E-state index in [2.05, 4.69) is 9.97 Å². The molecular formula is C20H21N3O4S. The number of aromatic nitrogens is 2. The summed E-state index contributed by atoms with van der Waals surface area (Å²) in [4.78, 5) is 25.9. The molecule has 0 bridgehead atoms. The molecule has 146 valence electrons. The Morgan fingerprint density at radius 3 is 2.61 bits per heavy atom. The van der Waals surface area contributed by atoms with Gasteiger partial charge in [0.05, 0.1) is 30.0 Å².